The van der Waals surface area contributed by atoms with Gasteiger partial charge in [-0.25, -0.2) is 40.7 Å². The van der Waals surface area contributed by atoms with Gasteiger partial charge in [-0.3, -0.25) is 28.8 Å². The van der Waals surface area contributed by atoms with Crippen molar-refractivity contribution in [2.75, 3.05) is 82.3 Å². The van der Waals surface area contributed by atoms with Crippen LogP contribution in [0.4, 0.5) is 92.2 Å². The van der Waals surface area contributed by atoms with Gasteiger partial charge in [0.2, 0.25) is 17.8 Å². The van der Waals surface area contributed by atoms with Crippen LogP contribution in [0.5, 0.6) is 0 Å². The number of carbonyl (C=O) groups excluding carboxylic acids is 9. The van der Waals surface area contributed by atoms with E-state index < -0.39 is 196 Å². The van der Waals surface area contributed by atoms with Gasteiger partial charge in [0.1, 0.15) is 6.10 Å². The average molecular weight is 1600 g/mol. The van der Waals surface area contributed by atoms with E-state index >= 15 is 0 Å². The number of rotatable bonds is 36. The molecule has 1 saturated carbocycles. The molecule has 622 valence electrons. The minimum Gasteiger partial charge on any atom is -0.469 e. The molecule has 0 bridgehead atoms. The number of carbonyl (C=O) groups is 9. The topological polar surface area (TPSA) is 333 Å². The SMILES string of the molecule is COC(=O)C(O)(OCCC(C)(F)F)C(F)(F)F.COC(=O)C(OCCC(C)(F)F)(OC(=O)C1CCCCC1)C(F)(F)F.COC(=O)C(OCCC(C)(F)F)(OC(C)=O)C(F)(F)F.COC(=O)CCC(COC(C)(F)F)OC(C)=O.COC(=O)CCC(O)COC(C)(F)F.COC(=O)CCCOC(C)(F)F. The summed E-state index contributed by atoms with van der Waals surface area (Å²) in [7, 11) is 5.51. The maximum absolute atomic E-state index is 13.5. The van der Waals surface area contributed by atoms with Crippen molar-refractivity contribution in [1.82, 2.24) is 0 Å². The van der Waals surface area contributed by atoms with Crippen LogP contribution in [0.25, 0.3) is 0 Å². The van der Waals surface area contributed by atoms with Crippen molar-refractivity contribution < 1.29 is 217 Å². The fourth-order valence-electron chi connectivity index (χ4n) is 6.64. The van der Waals surface area contributed by atoms with E-state index in [0.29, 0.717) is 95.5 Å². The third kappa shape index (κ3) is 52.2. The molecule has 0 saturated heterocycles. The van der Waals surface area contributed by atoms with E-state index in [1.165, 1.54) is 21.3 Å². The molecule has 5 atom stereocenters. The van der Waals surface area contributed by atoms with Crippen LogP contribution < -0.4 is 0 Å². The highest BCUT2D eigenvalue weighted by Gasteiger charge is 2.69. The van der Waals surface area contributed by atoms with Gasteiger partial charge in [-0.2, -0.15) is 65.9 Å². The van der Waals surface area contributed by atoms with E-state index in [2.05, 4.69) is 66.3 Å². The van der Waals surface area contributed by atoms with E-state index in [1.807, 2.05) is 0 Å². The van der Waals surface area contributed by atoms with E-state index in [0.717, 1.165) is 13.3 Å². The van der Waals surface area contributed by atoms with Crippen LogP contribution in [0.15, 0.2) is 0 Å². The van der Waals surface area contributed by atoms with Gasteiger partial charge in [-0.15, -0.1) is 0 Å². The molecular weight excluding hydrogens is 1510 g/mol. The van der Waals surface area contributed by atoms with E-state index in [9.17, 15) is 135 Å². The number of halogens is 21. The van der Waals surface area contributed by atoms with Gasteiger partial charge >= 0.3 is 108 Å². The highest BCUT2D eigenvalue weighted by atomic mass is 19.4. The lowest BCUT2D eigenvalue weighted by Gasteiger charge is -2.33. The van der Waals surface area contributed by atoms with Crippen molar-refractivity contribution in [2.45, 2.75) is 229 Å². The maximum atomic E-state index is 13.5. The first-order chi connectivity index (χ1) is 47.3. The standard InChI is InChI=1S/C15H21F5O5.C10H13F5O5.C10H16F2O5.C8H11F5O4.C8H14F2O4.C7H12F2O3/c1-13(16,17)8-9-24-14(12(22)23-2,15(18,19)20)25-11(21)10-6-4-3-5-7-10;1-6(16)20-9(7(17)18-3,10(13,14)15)19-5-4-8(2,11)12;1-7(13)17-8(4-5-9(14)15-3)6-16-10(2,11)12;1-6(9,10)3-4-17-7(15,5(14)16-2)8(11,12)13;1-8(9,10)14-5-6(11)3-4-7(12)13-2;1-7(8,9)12-5-3-4-6(10)11-2/h10H,3-9H2,1-2H3;4-5H2,1-3H3;8H,4-6H2,1-3H3;15H,3-4H2,1-2H3;6,11H,3-5H2,1-2H3;3-5H2,1-2H3. The quantitative estimate of drug-likeness (QED) is 0.0193. The minimum atomic E-state index is -5.49. The molecule has 0 aromatic carbocycles. The Morgan fingerprint density at radius 1 is 0.400 bits per heavy atom. The molecule has 0 aliphatic heterocycles. The highest BCUT2D eigenvalue weighted by Crippen LogP contribution is 2.40. The molecule has 105 heavy (non-hydrogen) atoms. The lowest BCUT2D eigenvalue weighted by atomic mass is 9.89. The molecule has 0 aromatic rings. The molecule has 2 N–H and O–H groups in total. The summed E-state index contributed by atoms with van der Waals surface area (Å²) < 4.78 is 327. The fraction of sp³-hybridized carbons (Fsp3) is 0.845. The summed E-state index contributed by atoms with van der Waals surface area (Å²) in [5, 5.41) is 18.0. The minimum absolute atomic E-state index is 0.0175. The lowest BCUT2D eigenvalue weighted by Crippen LogP contribution is -2.58. The number of alkyl halides is 21. The molecule has 1 fully saturated rings. The molecule has 5 unspecified atom stereocenters. The van der Waals surface area contributed by atoms with Crippen LogP contribution in [0.1, 0.15) is 145 Å². The normalized spacial score (nSPS) is 15.4. The Kier molecular flexibility index (Phi) is 49.6. The van der Waals surface area contributed by atoms with Gasteiger partial charge in [-0.1, -0.05) is 19.3 Å². The van der Waals surface area contributed by atoms with Crippen LogP contribution in [0.2, 0.25) is 0 Å². The molecule has 0 heterocycles. The zero-order valence-electron chi connectivity index (χ0n) is 59.0. The van der Waals surface area contributed by atoms with Crippen molar-refractivity contribution in [3.8, 4) is 0 Å². The van der Waals surface area contributed by atoms with Gasteiger partial charge in [0.25, 0.3) is 0 Å². The predicted octanol–water partition coefficient (Wildman–Crippen LogP) is 11.1. The van der Waals surface area contributed by atoms with Gasteiger partial charge in [0.15, 0.2) is 0 Å². The number of ether oxygens (including phenoxy) is 15. The van der Waals surface area contributed by atoms with Crippen molar-refractivity contribution >= 4 is 53.7 Å². The van der Waals surface area contributed by atoms with Crippen LogP contribution in [-0.4, -0.2) is 230 Å². The number of aliphatic hydroxyl groups is 2. The Balaban J connectivity index is -0.000000387. The Morgan fingerprint density at radius 3 is 1.08 bits per heavy atom. The Labute approximate surface area is 587 Å². The maximum Gasteiger partial charge on any atom is 0.468 e. The Bertz CT molecular complexity index is 2540. The van der Waals surface area contributed by atoms with Crippen molar-refractivity contribution in [3.05, 3.63) is 0 Å². The summed E-state index contributed by atoms with van der Waals surface area (Å²) in [5.74, 6) is -34.1. The first-order valence-electron chi connectivity index (χ1n) is 30.0. The molecule has 0 spiro atoms. The zero-order valence-corrected chi connectivity index (χ0v) is 59.0. The number of hydrogen-bond donors (Lipinski definition) is 2. The average Bonchev–Trinajstić information content (AvgIpc) is 0.795. The monoisotopic (exact) mass is 1600 g/mol. The fourth-order valence-corrected chi connectivity index (χ4v) is 6.64. The summed E-state index contributed by atoms with van der Waals surface area (Å²) in [6.07, 6.45) is -28.2. The molecule has 47 heteroatoms. The third-order valence-corrected chi connectivity index (χ3v) is 11.8. The van der Waals surface area contributed by atoms with Gasteiger partial charge in [0.05, 0.1) is 94.3 Å². The second-order valence-electron chi connectivity index (χ2n) is 21.9. The van der Waals surface area contributed by atoms with Crippen molar-refractivity contribution in [1.29, 1.82) is 0 Å². The molecule has 1 aliphatic rings. The summed E-state index contributed by atoms with van der Waals surface area (Å²) in [6, 6.07) is 0. The van der Waals surface area contributed by atoms with Crippen LogP contribution >= 0.6 is 0 Å². The molecule has 1 aliphatic carbocycles. The first kappa shape index (κ1) is 107. The molecule has 0 aromatic heterocycles. The molecule has 26 nitrogen and oxygen atoms in total. The van der Waals surface area contributed by atoms with Gasteiger partial charge < -0.3 is 81.3 Å². The summed E-state index contributed by atoms with van der Waals surface area (Å²) in [5.41, 5.74) is 0. The Morgan fingerprint density at radius 2 is 0.752 bits per heavy atom. The summed E-state index contributed by atoms with van der Waals surface area (Å²) in [4.78, 5) is 99.1. The van der Waals surface area contributed by atoms with Crippen LogP contribution in [-0.2, 0) is 114 Å². The highest BCUT2D eigenvalue weighted by molar-refractivity contribution is 5.84. The second-order valence-corrected chi connectivity index (χ2v) is 21.9. The number of hydrogen-bond acceptors (Lipinski definition) is 26. The Hall–Kier alpha value is -6.56. The summed E-state index contributed by atoms with van der Waals surface area (Å²) >= 11 is 0. The van der Waals surface area contributed by atoms with E-state index in [4.69, 9.17) is 14.9 Å². The van der Waals surface area contributed by atoms with E-state index in [1.54, 1.807) is 0 Å². The van der Waals surface area contributed by atoms with Crippen LogP contribution in [0, 0.1) is 5.92 Å². The largest absolute Gasteiger partial charge is 0.469 e. The predicted molar refractivity (Wildman–Crippen MR) is 308 cm³/mol. The van der Waals surface area contributed by atoms with Crippen LogP contribution in [0.3, 0.4) is 0 Å². The summed E-state index contributed by atoms with van der Waals surface area (Å²) in [6.45, 7) is 0.365. The van der Waals surface area contributed by atoms with E-state index in [-0.39, 0.29) is 45.1 Å². The smallest absolute Gasteiger partial charge is 0.468 e. The zero-order chi connectivity index (χ0) is 83.7. The van der Waals surface area contributed by atoms with Gasteiger partial charge in [-0.05, 0) is 52.9 Å². The first-order valence-corrected chi connectivity index (χ1v) is 30.0. The molecular formula is C58H87F21O26. The number of esters is 9. The van der Waals surface area contributed by atoms with Crippen molar-refractivity contribution in [3.63, 3.8) is 0 Å². The lowest BCUT2D eigenvalue weighted by molar-refractivity contribution is -0.357. The number of aliphatic hydroxyl groups excluding tert-OH is 1. The number of methoxy groups -OCH3 is 6. The van der Waals surface area contributed by atoms with Crippen molar-refractivity contribution in [2.24, 2.45) is 5.92 Å². The molecule has 0 amide bonds. The third-order valence-electron chi connectivity index (χ3n) is 11.8. The van der Waals surface area contributed by atoms with Gasteiger partial charge in [0, 0.05) is 73.1 Å². The second kappa shape index (κ2) is 48.7. The molecule has 1 rings (SSSR count). The molecule has 0 radical (unpaired) electrons.